The van der Waals surface area contributed by atoms with E-state index in [1.54, 1.807) is 0 Å². The van der Waals surface area contributed by atoms with Gasteiger partial charge in [-0.3, -0.25) is 0 Å². The monoisotopic (exact) mass is 246 g/mol. The quantitative estimate of drug-likeness (QED) is 0.299. The second-order valence-corrected chi connectivity index (χ2v) is 3.76. The molecule has 4 heteroatoms. The zero-order chi connectivity index (χ0) is 13.5. The molecular weight excluding hydrogens is 220 g/mol. The highest BCUT2D eigenvalue weighted by Gasteiger charge is 1.95. The van der Waals surface area contributed by atoms with Crippen LogP contribution in [0.5, 0.6) is 0 Å². The Morgan fingerprint density at radius 2 is 1.76 bits per heavy atom. The third-order valence-electron chi connectivity index (χ3n) is 2.18. The smallest absolute Gasteiger partial charge is 0.329 e. The molecule has 0 unspecified atom stereocenters. The minimum atomic E-state index is -1.10. The van der Waals surface area contributed by atoms with Crippen molar-refractivity contribution >= 4 is 5.97 Å². The number of carbonyl (C=O) groups excluding carboxylic acids is 1. The van der Waals surface area contributed by atoms with Crippen LogP contribution in [0.15, 0.2) is 12.7 Å². The molecule has 102 valence electrons. The Labute approximate surface area is 104 Å². The van der Waals surface area contributed by atoms with Gasteiger partial charge in [-0.25, -0.2) is 4.79 Å². The van der Waals surface area contributed by atoms with Crippen molar-refractivity contribution in [2.75, 3.05) is 7.11 Å². The van der Waals surface area contributed by atoms with E-state index in [0.29, 0.717) is 6.42 Å². The van der Waals surface area contributed by atoms with Gasteiger partial charge >= 0.3 is 5.97 Å². The number of aliphatic hydroxyl groups excluding tert-OH is 1. The Bertz CT molecular complexity index is 178. The summed E-state index contributed by atoms with van der Waals surface area (Å²) in [6.45, 7) is 5.35. The first-order valence-electron chi connectivity index (χ1n) is 6.15. The second kappa shape index (κ2) is 15.1. The molecule has 0 bridgehead atoms. The summed E-state index contributed by atoms with van der Waals surface area (Å²) in [4.78, 5) is 9.84. The van der Waals surface area contributed by atoms with E-state index < -0.39 is 12.3 Å². The van der Waals surface area contributed by atoms with Gasteiger partial charge in [0.05, 0.1) is 7.11 Å². The summed E-state index contributed by atoms with van der Waals surface area (Å²) >= 11 is 0. The molecular formula is C13H26O4. The van der Waals surface area contributed by atoms with Gasteiger partial charge in [0, 0.05) is 6.08 Å². The fourth-order valence-electron chi connectivity index (χ4n) is 1.19. The average molecular weight is 246 g/mol. The molecule has 4 nitrogen and oxygen atoms in total. The van der Waals surface area contributed by atoms with Crippen LogP contribution >= 0.6 is 0 Å². The third kappa shape index (κ3) is 21.1. The summed E-state index contributed by atoms with van der Waals surface area (Å²) in [5, 5.41) is 17.0. The number of hydrogen-bond acceptors (Lipinski definition) is 4. The lowest BCUT2D eigenvalue weighted by Crippen LogP contribution is -2.02. The van der Waals surface area contributed by atoms with Gasteiger partial charge in [0.25, 0.3) is 0 Å². The normalized spacial score (nSPS) is 9.47. The lowest BCUT2D eigenvalue weighted by Gasteiger charge is -2.02. The fraction of sp³-hybridized carbons (Fsp3) is 0.769. The van der Waals surface area contributed by atoms with E-state index in [0.717, 1.165) is 18.9 Å². The molecule has 0 aromatic rings. The van der Waals surface area contributed by atoms with Crippen LogP contribution in [0.4, 0.5) is 0 Å². The zero-order valence-electron chi connectivity index (χ0n) is 11.0. The average Bonchev–Trinajstić information content (AvgIpc) is 2.33. The van der Waals surface area contributed by atoms with Gasteiger partial charge in [-0.1, -0.05) is 45.6 Å². The number of carbonyl (C=O) groups is 1. The summed E-state index contributed by atoms with van der Waals surface area (Å²) in [7, 11) is 1.31. The second-order valence-electron chi connectivity index (χ2n) is 3.76. The minimum Gasteiger partial charge on any atom is -0.466 e. The molecule has 0 heterocycles. The summed E-state index contributed by atoms with van der Waals surface area (Å²) in [6.07, 6.45) is 7.73. The van der Waals surface area contributed by atoms with Gasteiger partial charge in [0.15, 0.2) is 6.29 Å². The number of unbranched alkanes of at least 4 members (excludes halogenated alkanes) is 5. The molecule has 17 heavy (non-hydrogen) atoms. The van der Waals surface area contributed by atoms with E-state index in [-0.39, 0.29) is 0 Å². The SMILES string of the molecule is C=CC(=O)OC.CCCCCCCCC(O)O. The topological polar surface area (TPSA) is 66.8 Å². The number of hydrogen-bond donors (Lipinski definition) is 2. The Hall–Kier alpha value is -0.870. The predicted octanol–water partition coefficient (Wildman–Crippen LogP) is 2.39. The number of aliphatic hydroxyl groups is 2. The van der Waals surface area contributed by atoms with Gasteiger partial charge in [-0.2, -0.15) is 0 Å². The highest BCUT2D eigenvalue weighted by atomic mass is 16.5. The standard InChI is InChI=1S/C9H20O2.C4H6O2/c1-2-3-4-5-6-7-8-9(10)11;1-3-4(5)6-2/h9-11H,2-8H2,1H3;3H,1H2,2H3. The van der Waals surface area contributed by atoms with Crippen LogP contribution in [0.25, 0.3) is 0 Å². The van der Waals surface area contributed by atoms with Crippen LogP contribution in [0.1, 0.15) is 51.9 Å². The Balaban J connectivity index is 0. The van der Waals surface area contributed by atoms with Gasteiger partial charge in [0.1, 0.15) is 0 Å². The summed E-state index contributed by atoms with van der Waals surface area (Å²) < 4.78 is 4.14. The number of ether oxygens (including phenoxy) is 1. The van der Waals surface area contributed by atoms with E-state index in [9.17, 15) is 4.79 Å². The van der Waals surface area contributed by atoms with Gasteiger partial charge < -0.3 is 14.9 Å². The summed E-state index contributed by atoms with van der Waals surface area (Å²) in [5.74, 6) is -0.394. The largest absolute Gasteiger partial charge is 0.466 e. The van der Waals surface area contributed by atoms with E-state index in [4.69, 9.17) is 10.2 Å². The van der Waals surface area contributed by atoms with Crippen LogP contribution < -0.4 is 0 Å². The molecule has 0 aliphatic heterocycles. The van der Waals surface area contributed by atoms with Crippen molar-refractivity contribution in [1.29, 1.82) is 0 Å². The van der Waals surface area contributed by atoms with Gasteiger partial charge in [-0.15, -0.1) is 0 Å². The van der Waals surface area contributed by atoms with Crippen LogP contribution in [0.2, 0.25) is 0 Å². The fourth-order valence-corrected chi connectivity index (χ4v) is 1.19. The summed E-state index contributed by atoms with van der Waals surface area (Å²) in [5.41, 5.74) is 0. The van der Waals surface area contributed by atoms with Crippen LogP contribution in [0.3, 0.4) is 0 Å². The minimum absolute atomic E-state index is 0.394. The van der Waals surface area contributed by atoms with Crippen LogP contribution in [-0.4, -0.2) is 29.6 Å². The van der Waals surface area contributed by atoms with Crippen molar-refractivity contribution < 1.29 is 19.7 Å². The molecule has 0 amide bonds. The van der Waals surface area contributed by atoms with E-state index in [1.807, 2.05) is 0 Å². The third-order valence-corrected chi connectivity index (χ3v) is 2.18. The van der Waals surface area contributed by atoms with Crippen molar-refractivity contribution in [3.8, 4) is 0 Å². The van der Waals surface area contributed by atoms with Gasteiger partial charge in [-0.05, 0) is 12.8 Å². The molecule has 0 aliphatic carbocycles. The Kier molecular flexibility index (Phi) is 16.5. The highest BCUT2D eigenvalue weighted by molar-refractivity contribution is 5.80. The molecule has 0 saturated carbocycles. The van der Waals surface area contributed by atoms with E-state index in [2.05, 4.69) is 18.2 Å². The first-order valence-corrected chi connectivity index (χ1v) is 6.15. The van der Waals surface area contributed by atoms with Crippen molar-refractivity contribution in [3.63, 3.8) is 0 Å². The van der Waals surface area contributed by atoms with Crippen LogP contribution in [0, 0.1) is 0 Å². The Morgan fingerprint density at radius 3 is 2.12 bits per heavy atom. The molecule has 0 radical (unpaired) electrons. The van der Waals surface area contributed by atoms with Crippen molar-refractivity contribution in [2.45, 2.75) is 58.2 Å². The lowest BCUT2D eigenvalue weighted by atomic mass is 10.1. The number of rotatable bonds is 8. The Morgan fingerprint density at radius 1 is 1.24 bits per heavy atom. The maximum Gasteiger partial charge on any atom is 0.329 e. The molecule has 0 aliphatic rings. The molecule has 0 atom stereocenters. The molecule has 0 aromatic carbocycles. The first kappa shape index (κ1) is 18.5. The molecule has 0 saturated heterocycles. The van der Waals surface area contributed by atoms with Crippen LogP contribution in [-0.2, 0) is 9.53 Å². The first-order chi connectivity index (χ1) is 8.08. The van der Waals surface area contributed by atoms with Crippen molar-refractivity contribution in [3.05, 3.63) is 12.7 Å². The zero-order valence-corrected chi connectivity index (χ0v) is 11.0. The van der Waals surface area contributed by atoms with Crippen molar-refractivity contribution in [1.82, 2.24) is 0 Å². The van der Waals surface area contributed by atoms with E-state index in [1.165, 1.54) is 32.8 Å². The predicted molar refractivity (Wildman–Crippen MR) is 68.4 cm³/mol. The molecule has 0 spiro atoms. The maximum absolute atomic E-state index is 9.84. The maximum atomic E-state index is 9.84. The molecule has 0 fully saturated rings. The van der Waals surface area contributed by atoms with E-state index >= 15 is 0 Å². The van der Waals surface area contributed by atoms with Crippen molar-refractivity contribution in [2.24, 2.45) is 0 Å². The molecule has 0 rings (SSSR count). The van der Waals surface area contributed by atoms with Gasteiger partial charge in [0.2, 0.25) is 0 Å². The highest BCUT2D eigenvalue weighted by Crippen LogP contribution is 2.07. The number of methoxy groups -OCH3 is 1. The summed E-state index contributed by atoms with van der Waals surface area (Å²) in [6, 6.07) is 0. The molecule has 0 aromatic heterocycles. The molecule has 2 N–H and O–H groups in total. The lowest BCUT2D eigenvalue weighted by molar-refractivity contribution is -0.134. The number of esters is 1.